The van der Waals surface area contributed by atoms with Crippen LogP contribution in [0.3, 0.4) is 0 Å². The molecule has 26 heavy (non-hydrogen) atoms. The summed E-state index contributed by atoms with van der Waals surface area (Å²) in [5, 5.41) is 3.20. The maximum atomic E-state index is 12.8. The van der Waals surface area contributed by atoms with Crippen LogP contribution in [0.5, 0.6) is 0 Å². The van der Waals surface area contributed by atoms with Crippen LogP contribution in [0, 0.1) is 5.92 Å². The smallest absolute Gasteiger partial charge is 0.225 e. The van der Waals surface area contributed by atoms with Gasteiger partial charge in [0.15, 0.2) is 0 Å². The minimum absolute atomic E-state index is 0.00983. The largest absolute Gasteiger partial charge is 0.349 e. The number of likely N-dealkylation sites (tertiary alicyclic amines) is 1. The van der Waals surface area contributed by atoms with E-state index in [1.54, 1.807) is 4.90 Å². The zero-order valence-electron chi connectivity index (χ0n) is 14.9. The number of amides is 2. The van der Waals surface area contributed by atoms with Crippen molar-refractivity contribution in [3.05, 3.63) is 71.3 Å². The first-order valence-electron chi connectivity index (χ1n) is 9.40. The first-order chi connectivity index (χ1) is 12.7. The highest BCUT2D eigenvalue weighted by Crippen LogP contribution is 2.30. The molecule has 0 bridgehead atoms. The van der Waals surface area contributed by atoms with Gasteiger partial charge < -0.3 is 10.2 Å². The van der Waals surface area contributed by atoms with Gasteiger partial charge >= 0.3 is 0 Å². The summed E-state index contributed by atoms with van der Waals surface area (Å²) in [4.78, 5) is 26.9. The van der Waals surface area contributed by atoms with Crippen molar-refractivity contribution in [1.29, 1.82) is 0 Å². The van der Waals surface area contributed by atoms with E-state index < -0.39 is 0 Å². The Hall–Kier alpha value is -2.62. The molecule has 2 aromatic rings. The Labute approximate surface area is 154 Å². The summed E-state index contributed by atoms with van der Waals surface area (Å²) in [7, 11) is 0. The average molecular weight is 348 g/mol. The summed E-state index contributed by atoms with van der Waals surface area (Å²) in [6, 6.07) is 18.4. The summed E-state index contributed by atoms with van der Waals surface area (Å²) in [5.74, 6) is -0.172. The molecular weight excluding hydrogens is 324 g/mol. The minimum atomic E-state index is -0.250. The van der Waals surface area contributed by atoms with E-state index in [2.05, 4.69) is 23.5 Å². The van der Waals surface area contributed by atoms with Crippen LogP contribution in [-0.4, -0.2) is 23.3 Å². The highest BCUT2D eigenvalue weighted by Gasteiger charge is 2.35. The summed E-state index contributed by atoms with van der Waals surface area (Å²) in [6.07, 6.45) is 3.45. The van der Waals surface area contributed by atoms with Gasteiger partial charge in [-0.05, 0) is 36.0 Å². The Morgan fingerprint density at radius 2 is 1.85 bits per heavy atom. The van der Waals surface area contributed by atoms with E-state index in [9.17, 15) is 9.59 Å². The van der Waals surface area contributed by atoms with Crippen molar-refractivity contribution in [3.8, 4) is 0 Å². The van der Waals surface area contributed by atoms with Crippen molar-refractivity contribution in [2.45, 2.75) is 38.3 Å². The van der Waals surface area contributed by atoms with Gasteiger partial charge in [0, 0.05) is 19.5 Å². The second kappa shape index (κ2) is 7.32. The molecule has 134 valence electrons. The van der Waals surface area contributed by atoms with Crippen molar-refractivity contribution >= 4 is 11.8 Å². The molecule has 2 aliphatic rings. The number of hydrogen-bond acceptors (Lipinski definition) is 2. The Morgan fingerprint density at radius 1 is 1.08 bits per heavy atom. The second-order valence-electron chi connectivity index (χ2n) is 7.31. The van der Waals surface area contributed by atoms with Gasteiger partial charge in [-0.2, -0.15) is 0 Å². The quantitative estimate of drug-likeness (QED) is 0.922. The Morgan fingerprint density at radius 3 is 2.69 bits per heavy atom. The standard InChI is InChI=1S/C22H24N2O2/c25-21-13-18(15-24(21)14-16-7-2-1-3-8-16)22(26)23-20-12-6-10-17-9-4-5-11-19(17)20/h1-5,7-9,11,18,20H,6,10,12-15H2,(H,23,26). The zero-order valence-corrected chi connectivity index (χ0v) is 14.9. The lowest BCUT2D eigenvalue weighted by atomic mass is 9.87. The van der Waals surface area contributed by atoms with Gasteiger partial charge in [0.1, 0.15) is 0 Å². The first-order valence-corrected chi connectivity index (χ1v) is 9.40. The van der Waals surface area contributed by atoms with Crippen LogP contribution in [0.1, 0.15) is 42.0 Å². The third kappa shape index (κ3) is 3.50. The lowest BCUT2D eigenvalue weighted by Crippen LogP contribution is -2.36. The fourth-order valence-corrected chi connectivity index (χ4v) is 4.10. The number of nitrogens with one attached hydrogen (secondary N) is 1. The van der Waals surface area contributed by atoms with Gasteiger partial charge in [0.25, 0.3) is 0 Å². The number of fused-ring (bicyclic) bond motifs is 1. The Kier molecular flexibility index (Phi) is 4.74. The first kappa shape index (κ1) is 16.8. The van der Waals surface area contributed by atoms with Crippen molar-refractivity contribution in [2.24, 2.45) is 5.92 Å². The van der Waals surface area contributed by atoms with Gasteiger partial charge in [0.05, 0.1) is 12.0 Å². The highest BCUT2D eigenvalue weighted by atomic mass is 16.2. The lowest BCUT2D eigenvalue weighted by Gasteiger charge is -2.27. The SMILES string of the molecule is O=C(NC1CCCc2ccccc21)C1CC(=O)N(Cc2ccccc2)C1. The predicted molar refractivity (Wildman–Crippen MR) is 100 cm³/mol. The molecule has 4 rings (SSSR count). The van der Waals surface area contributed by atoms with Crippen LogP contribution in [0.2, 0.25) is 0 Å². The van der Waals surface area contributed by atoms with E-state index in [1.165, 1.54) is 11.1 Å². The third-order valence-corrected chi connectivity index (χ3v) is 5.49. The van der Waals surface area contributed by atoms with Crippen LogP contribution in [-0.2, 0) is 22.6 Å². The Balaban J connectivity index is 1.40. The number of carbonyl (C=O) groups excluding carboxylic acids is 2. The van der Waals surface area contributed by atoms with E-state index in [0.29, 0.717) is 19.5 Å². The maximum absolute atomic E-state index is 12.8. The zero-order chi connectivity index (χ0) is 17.9. The summed E-state index contributed by atoms with van der Waals surface area (Å²) < 4.78 is 0. The summed E-state index contributed by atoms with van der Waals surface area (Å²) in [6.45, 7) is 1.09. The molecule has 4 nitrogen and oxygen atoms in total. The van der Waals surface area contributed by atoms with E-state index in [-0.39, 0.29) is 23.8 Å². The number of nitrogens with zero attached hydrogens (tertiary/aromatic N) is 1. The molecule has 0 saturated carbocycles. The van der Waals surface area contributed by atoms with E-state index in [0.717, 1.165) is 24.8 Å². The fourth-order valence-electron chi connectivity index (χ4n) is 4.10. The molecule has 0 aromatic heterocycles. The van der Waals surface area contributed by atoms with E-state index >= 15 is 0 Å². The van der Waals surface area contributed by atoms with Gasteiger partial charge in [-0.15, -0.1) is 0 Å². The predicted octanol–water partition coefficient (Wildman–Crippen LogP) is 3.23. The molecule has 2 amide bonds. The van der Waals surface area contributed by atoms with Crippen LogP contribution >= 0.6 is 0 Å². The molecule has 1 aliphatic heterocycles. The second-order valence-corrected chi connectivity index (χ2v) is 7.31. The molecule has 1 saturated heterocycles. The van der Waals surface area contributed by atoms with Gasteiger partial charge in [-0.1, -0.05) is 54.6 Å². The minimum Gasteiger partial charge on any atom is -0.349 e. The van der Waals surface area contributed by atoms with Crippen LogP contribution < -0.4 is 5.32 Å². The molecule has 1 N–H and O–H groups in total. The van der Waals surface area contributed by atoms with Crippen LogP contribution in [0.4, 0.5) is 0 Å². The molecule has 2 aromatic carbocycles. The molecule has 0 spiro atoms. The molecular formula is C22H24N2O2. The number of aryl methyl sites for hydroxylation is 1. The van der Waals surface area contributed by atoms with Crippen molar-refractivity contribution < 1.29 is 9.59 Å². The number of carbonyl (C=O) groups is 2. The van der Waals surface area contributed by atoms with E-state index in [4.69, 9.17) is 0 Å². The van der Waals surface area contributed by atoms with Crippen molar-refractivity contribution in [1.82, 2.24) is 10.2 Å². The summed E-state index contributed by atoms with van der Waals surface area (Å²) in [5.41, 5.74) is 3.66. The van der Waals surface area contributed by atoms with Crippen LogP contribution in [0.25, 0.3) is 0 Å². The Bertz CT molecular complexity index is 803. The molecule has 4 heteroatoms. The number of benzene rings is 2. The maximum Gasteiger partial charge on any atom is 0.225 e. The topological polar surface area (TPSA) is 49.4 Å². The molecule has 2 atom stereocenters. The van der Waals surface area contributed by atoms with Crippen molar-refractivity contribution in [2.75, 3.05) is 6.54 Å². The molecule has 1 aliphatic carbocycles. The lowest BCUT2D eigenvalue weighted by molar-refractivity contribution is -0.129. The molecule has 0 radical (unpaired) electrons. The van der Waals surface area contributed by atoms with E-state index in [1.807, 2.05) is 36.4 Å². The normalized spacial score (nSPS) is 22.2. The van der Waals surface area contributed by atoms with Gasteiger partial charge in [0.2, 0.25) is 11.8 Å². The fraction of sp³-hybridized carbons (Fsp3) is 0.364. The van der Waals surface area contributed by atoms with Gasteiger partial charge in [-0.3, -0.25) is 9.59 Å². The van der Waals surface area contributed by atoms with Gasteiger partial charge in [-0.25, -0.2) is 0 Å². The number of rotatable bonds is 4. The highest BCUT2D eigenvalue weighted by molar-refractivity contribution is 5.89. The van der Waals surface area contributed by atoms with Crippen LogP contribution in [0.15, 0.2) is 54.6 Å². The molecule has 2 unspecified atom stereocenters. The van der Waals surface area contributed by atoms with Crippen molar-refractivity contribution in [3.63, 3.8) is 0 Å². The number of hydrogen-bond donors (Lipinski definition) is 1. The summed E-state index contributed by atoms with van der Waals surface area (Å²) >= 11 is 0. The molecule has 1 heterocycles. The third-order valence-electron chi connectivity index (χ3n) is 5.49. The molecule has 1 fully saturated rings. The monoisotopic (exact) mass is 348 g/mol. The average Bonchev–Trinajstić information content (AvgIpc) is 3.03.